The van der Waals surface area contributed by atoms with Gasteiger partial charge >= 0.3 is 0 Å². The molecular formula is C19H30N4. The highest BCUT2D eigenvalue weighted by atomic mass is 15.2. The average molecular weight is 314 g/mol. The number of guanidine groups is 1. The maximum absolute atomic E-state index is 4.36. The summed E-state index contributed by atoms with van der Waals surface area (Å²) in [7, 11) is 1.87. The van der Waals surface area contributed by atoms with Crippen molar-refractivity contribution in [2.75, 3.05) is 26.7 Å². The first kappa shape index (κ1) is 16.3. The number of nitrogens with zero attached hydrogens (tertiary/aromatic N) is 2. The molecule has 23 heavy (non-hydrogen) atoms. The topological polar surface area (TPSA) is 39.7 Å². The van der Waals surface area contributed by atoms with Crippen LogP contribution >= 0.6 is 0 Å². The predicted octanol–water partition coefficient (Wildman–Crippen LogP) is 2.62. The molecule has 0 bridgehead atoms. The van der Waals surface area contributed by atoms with E-state index in [-0.39, 0.29) is 0 Å². The SMILES string of the molecule is CN=C(NCC1CC1)NCC1CCCCN1Cc1ccccc1. The minimum Gasteiger partial charge on any atom is -0.356 e. The van der Waals surface area contributed by atoms with Crippen LogP contribution in [0.25, 0.3) is 0 Å². The quantitative estimate of drug-likeness (QED) is 0.626. The van der Waals surface area contributed by atoms with Crippen molar-refractivity contribution in [1.82, 2.24) is 15.5 Å². The third-order valence-electron chi connectivity index (χ3n) is 4.96. The van der Waals surface area contributed by atoms with Crippen molar-refractivity contribution >= 4 is 5.96 Å². The van der Waals surface area contributed by atoms with Gasteiger partial charge in [-0.25, -0.2) is 0 Å². The van der Waals surface area contributed by atoms with E-state index in [0.717, 1.165) is 31.5 Å². The van der Waals surface area contributed by atoms with Gasteiger partial charge in [0.25, 0.3) is 0 Å². The molecular weight excluding hydrogens is 284 g/mol. The Balaban J connectivity index is 1.49. The van der Waals surface area contributed by atoms with Crippen molar-refractivity contribution in [3.05, 3.63) is 35.9 Å². The average Bonchev–Trinajstić information content (AvgIpc) is 3.42. The molecule has 1 aliphatic carbocycles. The van der Waals surface area contributed by atoms with Gasteiger partial charge in [0.15, 0.2) is 5.96 Å². The van der Waals surface area contributed by atoms with Crippen molar-refractivity contribution < 1.29 is 0 Å². The molecule has 0 radical (unpaired) electrons. The maximum atomic E-state index is 4.36. The van der Waals surface area contributed by atoms with Crippen molar-refractivity contribution in [3.8, 4) is 0 Å². The van der Waals surface area contributed by atoms with Gasteiger partial charge in [-0.1, -0.05) is 36.8 Å². The smallest absolute Gasteiger partial charge is 0.191 e. The number of aliphatic imine (C=N–C) groups is 1. The molecule has 2 aliphatic rings. The standard InChI is InChI=1S/C19H30N4/c1-20-19(21-13-16-10-11-16)22-14-18-9-5-6-12-23(18)15-17-7-3-2-4-8-17/h2-4,7-8,16,18H,5-6,9-15H2,1H3,(H2,20,21,22). The number of piperidine rings is 1. The van der Waals surface area contributed by atoms with E-state index < -0.39 is 0 Å². The fourth-order valence-electron chi connectivity index (χ4n) is 3.32. The molecule has 0 amide bonds. The molecule has 4 heteroatoms. The number of nitrogens with one attached hydrogen (secondary N) is 2. The van der Waals surface area contributed by atoms with E-state index in [2.05, 4.69) is 50.9 Å². The predicted molar refractivity (Wildman–Crippen MR) is 96.6 cm³/mol. The second-order valence-electron chi connectivity index (χ2n) is 6.88. The first-order valence-electron chi connectivity index (χ1n) is 9.07. The summed E-state index contributed by atoms with van der Waals surface area (Å²) in [6, 6.07) is 11.4. The number of benzene rings is 1. The fraction of sp³-hybridized carbons (Fsp3) is 0.632. The number of likely N-dealkylation sites (tertiary alicyclic amines) is 1. The third-order valence-corrected chi connectivity index (χ3v) is 4.96. The number of hydrogen-bond acceptors (Lipinski definition) is 2. The van der Waals surface area contributed by atoms with E-state index in [0.29, 0.717) is 6.04 Å². The van der Waals surface area contributed by atoms with E-state index in [1.807, 2.05) is 7.05 Å². The van der Waals surface area contributed by atoms with E-state index in [9.17, 15) is 0 Å². The van der Waals surface area contributed by atoms with Gasteiger partial charge in [0.05, 0.1) is 0 Å². The molecule has 3 rings (SSSR count). The van der Waals surface area contributed by atoms with Gasteiger partial charge in [0.1, 0.15) is 0 Å². The Labute approximate surface area is 140 Å². The van der Waals surface area contributed by atoms with Gasteiger partial charge in [0, 0.05) is 32.7 Å². The molecule has 126 valence electrons. The largest absolute Gasteiger partial charge is 0.356 e. The first-order valence-corrected chi connectivity index (χ1v) is 9.07. The zero-order valence-corrected chi connectivity index (χ0v) is 14.3. The van der Waals surface area contributed by atoms with Gasteiger partial charge in [-0.15, -0.1) is 0 Å². The molecule has 2 fully saturated rings. The van der Waals surface area contributed by atoms with E-state index in [1.54, 1.807) is 0 Å². The highest BCUT2D eigenvalue weighted by molar-refractivity contribution is 5.79. The van der Waals surface area contributed by atoms with Crippen LogP contribution in [-0.2, 0) is 6.54 Å². The number of rotatable bonds is 6. The summed E-state index contributed by atoms with van der Waals surface area (Å²) >= 11 is 0. The Morgan fingerprint density at radius 1 is 1.09 bits per heavy atom. The molecule has 1 saturated heterocycles. The van der Waals surface area contributed by atoms with Crippen LogP contribution in [0.2, 0.25) is 0 Å². The minimum absolute atomic E-state index is 0.600. The van der Waals surface area contributed by atoms with Crippen LogP contribution in [0.5, 0.6) is 0 Å². The van der Waals surface area contributed by atoms with Crippen molar-refractivity contribution in [3.63, 3.8) is 0 Å². The molecule has 1 saturated carbocycles. The summed E-state index contributed by atoms with van der Waals surface area (Å²) in [4.78, 5) is 6.98. The summed E-state index contributed by atoms with van der Waals surface area (Å²) in [5.74, 6) is 1.83. The molecule has 1 atom stereocenters. The molecule has 0 spiro atoms. The molecule has 0 aromatic heterocycles. The van der Waals surface area contributed by atoms with Crippen LogP contribution in [0.1, 0.15) is 37.7 Å². The summed E-state index contributed by atoms with van der Waals surface area (Å²) in [6.45, 7) is 4.31. The molecule has 1 aliphatic heterocycles. The van der Waals surface area contributed by atoms with Gasteiger partial charge in [-0.05, 0) is 43.7 Å². The van der Waals surface area contributed by atoms with Gasteiger partial charge < -0.3 is 10.6 Å². The van der Waals surface area contributed by atoms with E-state index in [4.69, 9.17) is 0 Å². The van der Waals surface area contributed by atoms with Crippen LogP contribution in [0, 0.1) is 5.92 Å². The lowest BCUT2D eigenvalue weighted by atomic mass is 10.0. The van der Waals surface area contributed by atoms with E-state index in [1.165, 1.54) is 44.2 Å². The lowest BCUT2D eigenvalue weighted by molar-refractivity contribution is 0.141. The van der Waals surface area contributed by atoms with Crippen LogP contribution in [0.15, 0.2) is 35.3 Å². The van der Waals surface area contributed by atoms with Gasteiger partial charge in [-0.3, -0.25) is 9.89 Å². The Morgan fingerprint density at radius 3 is 2.61 bits per heavy atom. The fourth-order valence-corrected chi connectivity index (χ4v) is 3.32. The maximum Gasteiger partial charge on any atom is 0.191 e. The minimum atomic E-state index is 0.600. The Bertz CT molecular complexity index is 495. The molecule has 2 N–H and O–H groups in total. The normalized spacial score (nSPS) is 22.8. The first-order chi connectivity index (χ1) is 11.3. The highest BCUT2D eigenvalue weighted by Gasteiger charge is 2.23. The summed E-state index contributed by atoms with van der Waals surface area (Å²) < 4.78 is 0. The van der Waals surface area contributed by atoms with Crippen LogP contribution in [-0.4, -0.2) is 43.6 Å². The Hall–Kier alpha value is -1.55. The highest BCUT2D eigenvalue weighted by Crippen LogP contribution is 2.27. The van der Waals surface area contributed by atoms with Gasteiger partial charge in [0.2, 0.25) is 0 Å². The second kappa shape index (κ2) is 8.34. The number of hydrogen-bond donors (Lipinski definition) is 2. The summed E-state index contributed by atoms with van der Waals surface area (Å²) in [5, 5.41) is 6.99. The molecule has 4 nitrogen and oxygen atoms in total. The monoisotopic (exact) mass is 314 g/mol. The second-order valence-corrected chi connectivity index (χ2v) is 6.88. The molecule has 1 unspecified atom stereocenters. The summed E-state index contributed by atoms with van der Waals surface area (Å²) in [6.07, 6.45) is 6.68. The summed E-state index contributed by atoms with van der Waals surface area (Å²) in [5.41, 5.74) is 1.41. The molecule has 1 aromatic rings. The zero-order chi connectivity index (χ0) is 15.9. The molecule has 1 aromatic carbocycles. The Morgan fingerprint density at radius 2 is 1.87 bits per heavy atom. The van der Waals surface area contributed by atoms with Gasteiger partial charge in [-0.2, -0.15) is 0 Å². The Kier molecular flexibility index (Phi) is 5.92. The van der Waals surface area contributed by atoms with Crippen LogP contribution < -0.4 is 10.6 Å². The van der Waals surface area contributed by atoms with Crippen molar-refractivity contribution in [2.24, 2.45) is 10.9 Å². The van der Waals surface area contributed by atoms with E-state index >= 15 is 0 Å². The van der Waals surface area contributed by atoms with Crippen molar-refractivity contribution in [2.45, 2.75) is 44.7 Å². The van der Waals surface area contributed by atoms with Crippen LogP contribution in [0.4, 0.5) is 0 Å². The lowest BCUT2D eigenvalue weighted by Crippen LogP contribution is -2.49. The van der Waals surface area contributed by atoms with Crippen LogP contribution in [0.3, 0.4) is 0 Å². The lowest BCUT2D eigenvalue weighted by Gasteiger charge is -2.36. The van der Waals surface area contributed by atoms with Crippen molar-refractivity contribution in [1.29, 1.82) is 0 Å². The molecule has 1 heterocycles. The zero-order valence-electron chi connectivity index (χ0n) is 14.3. The third kappa shape index (κ3) is 5.24.